The number of para-hydroxylation sites is 2. The summed E-state index contributed by atoms with van der Waals surface area (Å²) in [5.41, 5.74) is 12.8. The molecule has 0 N–H and O–H groups in total. The smallest absolute Gasteiger partial charge is 0.238 e. The molecule has 3 heterocycles. The van der Waals surface area contributed by atoms with Crippen LogP contribution in [0.25, 0.3) is 89.8 Å². The van der Waals surface area contributed by atoms with Gasteiger partial charge in [-0.3, -0.25) is 9.13 Å². The number of hydrogen-bond donors (Lipinski definition) is 0. The zero-order valence-electron chi connectivity index (χ0n) is 30.3. The Hall–Kier alpha value is -7.18. The Morgan fingerprint density at radius 2 is 1.04 bits per heavy atom. The van der Waals surface area contributed by atoms with Gasteiger partial charge in [-0.05, 0) is 41.0 Å². The normalized spacial score (nSPS) is 13.1. The number of benzene rings is 7. The van der Waals surface area contributed by atoms with E-state index in [0.717, 1.165) is 61.0 Å². The molecule has 6 heteroatoms. The largest absolute Gasteiger partial charge is 0.292 e. The average molecular weight is 707 g/mol. The van der Waals surface area contributed by atoms with Crippen molar-refractivity contribution < 1.29 is 0 Å². The van der Waals surface area contributed by atoms with E-state index in [0.29, 0.717) is 17.6 Å². The summed E-state index contributed by atoms with van der Waals surface area (Å²) in [6, 6.07) is 59.2. The SMILES string of the molecule is CC1(C)c2ccc3nc(-c4ccccc4)n(-c4ccccc4)c3c2-c2ccc3c4ccccc4n(-c4nc(-c5ccccc5)nc(-c5ccccc5)n4)c3c21. The minimum atomic E-state index is -0.374. The second-order valence-corrected chi connectivity index (χ2v) is 14.7. The third-order valence-electron chi connectivity index (χ3n) is 11.2. The molecule has 11 rings (SSSR count). The maximum atomic E-state index is 5.33. The minimum absolute atomic E-state index is 0.374. The zero-order chi connectivity index (χ0) is 36.7. The van der Waals surface area contributed by atoms with Gasteiger partial charge in [-0.2, -0.15) is 9.97 Å². The number of imidazole rings is 1. The number of rotatable bonds is 5. The van der Waals surface area contributed by atoms with Crippen LogP contribution in [0.2, 0.25) is 0 Å². The molecule has 10 aromatic rings. The molecule has 1 aliphatic carbocycles. The van der Waals surface area contributed by atoms with Crippen molar-refractivity contribution in [2.24, 2.45) is 0 Å². The van der Waals surface area contributed by atoms with Gasteiger partial charge in [0.25, 0.3) is 0 Å². The van der Waals surface area contributed by atoms with Crippen LogP contribution >= 0.6 is 0 Å². The predicted octanol–water partition coefficient (Wildman–Crippen LogP) is 11.6. The molecule has 0 atom stereocenters. The van der Waals surface area contributed by atoms with Crippen LogP contribution in [0.15, 0.2) is 170 Å². The molecule has 3 aromatic heterocycles. The van der Waals surface area contributed by atoms with E-state index in [4.69, 9.17) is 19.9 Å². The van der Waals surface area contributed by atoms with Crippen LogP contribution in [0, 0.1) is 0 Å². The first-order chi connectivity index (χ1) is 27.1. The highest BCUT2D eigenvalue weighted by Crippen LogP contribution is 2.55. The van der Waals surface area contributed by atoms with Crippen molar-refractivity contribution >= 4 is 32.8 Å². The Kier molecular flexibility index (Phi) is 6.79. The Balaban J connectivity index is 1.26. The van der Waals surface area contributed by atoms with E-state index in [1.807, 2.05) is 36.4 Å². The maximum absolute atomic E-state index is 5.33. The topological polar surface area (TPSA) is 61.4 Å². The van der Waals surface area contributed by atoms with Crippen LogP contribution in [0.1, 0.15) is 25.0 Å². The van der Waals surface area contributed by atoms with E-state index >= 15 is 0 Å². The summed E-state index contributed by atoms with van der Waals surface area (Å²) in [7, 11) is 0. The van der Waals surface area contributed by atoms with Gasteiger partial charge in [-0.1, -0.05) is 159 Å². The summed E-state index contributed by atoms with van der Waals surface area (Å²) in [6.07, 6.45) is 0. The lowest BCUT2D eigenvalue weighted by molar-refractivity contribution is 0.663. The van der Waals surface area contributed by atoms with E-state index < -0.39 is 0 Å². The van der Waals surface area contributed by atoms with E-state index in [2.05, 4.69) is 156 Å². The second-order valence-electron chi connectivity index (χ2n) is 14.7. The third kappa shape index (κ3) is 4.68. The molecule has 0 unspecified atom stereocenters. The number of nitrogens with zero attached hydrogens (tertiary/aromatic N) is 6. The van der Waals surface area contributed by atoms with Gasteiger partial charge in [0, 0.05) is 44.1 Å². The van der Waals surface area contributed by atoms with E-state index in [-0.39, 0.29) is 5.41 Å². The van der Waals surface area contributed by atoms with Crippen molar-refractivity contribution in [2.45, 2.75) is 19.3 Å². The van der Waals surface area contributed by atoms with Crippen molar-refractivity contribution in [3.05, 3.63) is 181 Å². The molecule has 55 heavy (non-hydrogen) atoms. The Bertz CT molecular complexity index is 3030. The molecule has 0 saturated heterocycles. The van der Waals surface area contributed by atoms with E-state index in [1.54, 1.807) is 0 Å². The lowest BCUT2D eigenvalue weighted by Gasteiger charge is -2.23. The van der Waals surface area contributed by atoms with E-state index in [1.165, 1.54) is 22.3 Å². The molecule has 1 aliphatic rings. The highest BCUT2D eigenvalue weighted by Gasteiger charge is 2.41. The number of aromatic nitrogens is 6. The zero-order valence-corrected chi connectivity index (χ0v) is 30.3. The number of hydrogen-bond acceptors (Lipinski definition) is 4. The van der Waals surface area contributed by atoms with Gasteiger partial charge >= 0.3 is 0 Å². The monoisotopic (exact) mass is 706 g/mol. The quantitative estimate of drug-likeness (QED) is 0.179. The van der Waals surface area contributed by atoms with Crippen molar-refractivity contribution in [1.82, 2.24) is 29.1 Å². The van der Waals surface area contributed by atoms with Crippen LogP contribution in [0.5, 0.6) is 0 Å². The van der Waals surface area contributed by atoms with Crippen LogP contribution < -0.4 is 0 Å². The van der Waals surface area contributed by atoms with Gasteiger partial charge in [0.2, 0.25) is 5.95 Å². The molecular formula is C49H34N6. The third-order valence-corrected chi connectivity index (χ3v) is 11.2. The van der Waals surface area contributed by atoms with Gasteiger partial charge in [-0.15, -0.1) is 0 Å². The molecule has 260 valence electrons. The molecule has 7 aromatic carbocycles. The van der Waals surface area contributed by atoms with Gasteiger partial charge in [0.15, 0.2) is 11.6 Å². The molecule has 0 bridgehead atoms. The Morgan fingerprint density at radius 3 is 1.69 bits per heavy atom. The molecule has 6 nitrogen and oxygen atoms in total. The Labute approximate surface area is 318 Å². The van der Waals surface area contributed by atoms with Crippen molar-refractivity contribution in [1.29, 1.82) is 0 Å². The van der Waals surface area contributed by atoms with Crippen LogP contribution in [-0.4, -0.2) is 29.1 Å². The van der Waals surface area contributed by atoms with Crippen LogP contribution in [0.3, 0.4) is 0 Å². The van der Waals surface area contributed by atoms with Crippen LogP contribution in [0.4, 0.5) is 0 Å². The lowest BCUT2D eigenvalue weighted by Crippen LogP contribution is -2.17. The molecule has 0 fully saturated rings. The van der Waals surface area contributed by atoms with Crippen LogP contribution in [-0.2, 0) is 5.41 Å². The Morgan fingerprint density at radius 1 is 0.455 bits per heavy atom. The summed E-state index contributed by atoms with van der Waals surface area (Å²) in [5.74, 6) is 2.77. The maximum Gasteiger partial charge on any atom is 0.238 e. The fraction of sp³-hybridized carbons (Fsp3) is 0.0612. The van der Waals surface area contributed by atoms with Crippen molar-refractivity contribution in [2.75, 3.05) is 0 Å². The highest BCUT2D eigenvalue weighted by atomic mass is 15.2. The predicted molar refractivity (Wildman–Crippen MR) is 223 cm³/mol. The molecular weight excluding hydrogens is 673 g/mol. The molecule has 0 aliphatic heterocycles. The first-order valence-corrected chi connectivity index (χ1v) is 18.7. The first-order valence-electron chi connectivity index (χ1n) is 18.7. The average Bonchev–Trinajstić information content (AvgIpc) is 3.88. The molecule has 0 spiro atoms. The minimum Gasteiger partial charge on any atom is -0.292 e. The summed E-state index contributed by atoms with van der Waals surface area (Å²) in [6.45, 7) is 4.70. The highest BCUT2D eigenvalue weighted by molar-refractivity contribution is 6.14. The molecule has 0 saturated carbocycles. The van der Waals surface area contributed by atoms with E-state index in [9.17, 15) is 0 Å². The summed E-state index contributed by atoms with van der Waals surface area (Å²) in [4.78, 5) is 20.9. The first kappa shape index (κ1) is 31.4. The lowest BCUT2D eigenvalue weighted by atomic mass is 9.81. The summed E-state index contributed by atoms with van der Waals surface area (Å²) in [5, 5.41) is 2.32. The van der Waals surface area contributed by atoms with Gasteiger partial charge in [-0.25, -0.2) is 9.97 Å². The van der Waals surface area contributed by atoms with Crippen molar-refractivity contribution in [3.8, 4) is 56.9 Å². The molecule has 0 amide bonds. The summed E-state index contributed by atoms with van der Waals surface area (Å²) < 4.78 is 4.62. The van der Waals surface area contributed by atoms with Gasteiger partial charge in [0.1, 0.15) is 5.82 Å². The fourth-order valence-corrected chi connectivity index (χ4v) is 8.71. The second kappa shape index (κ2) is 11.9. The van der Waals surface area contributed by atoms with Gasteiger partial charge in [0.05, 0.1) is 22.1 Å². The molecule has 0 radical (unpaired) electrons. The fourth-order valence-electron chi connectivity index (χ4n) is 8.71. The van der Waals surface area contributed by atoms with Crippen molar-refractivity contribution in [3.63, 3.8) is 0 Å². The number of fused-ring (bicyclic) bond motifs is 9. The summed E-state index contributed by atoms with van der Waals surface area (Å²) >= 11 is 0. The standard InChI is InChI=1S/C49H34N6/c1-49(2)38-29-30-39-44(54(34-23-13-6-14-24-34)47(50-39)33-21-11-5-12-22-33)41(38)37-28-27-36-35-25-15-16-26-40(35)55(43(36)42(37)49)48-52-45(31-17-7-3-8-18-31)51-46(53-48)32-19-9-4-10-20-32/h3-30H,1-2H3. The van der Waals surface area contributed by atoms with Gasteiger partial charge < -0.3 is 0 Å².